The first-order valence-electron chi connectivity index (χ1n) is 7.33. The molecule has 3 nitrogen and oxygen atoms in total. The number of rotatable bonds is 5. The van der Waals surface area contributed by atoms with Crippen molar-refractivity contribution < 1.29 is 0 Å². The minimum absolute atomic E-state index is 0.158. The van der Waals surface area contributed by atoms with E-state index in [1.165, 1.54) is 5.56 Å². The highest BCUT2D eigenvalue weighted by atomic mass is 35.5. The summed E-state index contributed by atoms with van der Waals surface area (Å²) in [5, 5.41) is 4.51. The minimum atomic E-state index is 0.158. The predicted octanol–water partition coefficient (Wildman–Crippen LogP) is 4.30. The van der Waals surface area contributed by atoms with Crippen molar-refractivity contribution in [2.75, 3.05) is 0 Å². The van der Waals surface area contributed by atoms with Crippen LogP contribution < -0.4 is 5.32 Å². The predicted molar refractivity (Wildman–Crippen MR) is 88.5 cm³/mol. The average molecular weight is 306 g/mol. The lowest BCUT2D eigenvalue weighted by atomic mass is 9.85. The van der Waals surface area contributed by atoms with Gasteiger partial charge in [-0.15, -0.1) is 0 Å². The van der Waals surface area contributed by atoms with E-state index in [0.29, 0.717) is 6.04 Å². The molecule has 2 aromatic rings. The van der Waals surface area contributed by atoms with Crippen LogP contribution in [0.1, 0.15) is 39.3 Å². The molecule has 2 unspecified atom stereocenters. The smallest absolute Gasteiger partial charge is 0.0946 e. The molecular weight excluding hydrogens is 282 g/mol. The van der Waals surface area contributed by atoms with E-state index in [2.05, 4.69) is 54.7 Å². The van der Waals surface area contributed by atoms with Crippen LogP contribution in [-0.4, -0.2) is 15.6 Å². The molecule has 0 radical (unpaired) electrons. The summed E-state index contributed by atoms with van der Waals surface area (Å²) in [6, 6.07) is 8.66. The van der Waals surface area contributed by atoms with Crippen LogP contribution >= 0.6 is 11.6 Å². The SMILES string of the molecule is CC(NC(Cn1ccnc1)C(C)(C)C)c1ccc(Cl)cc1. The first-order valence-corrected chi connectivity index (χ1v) is 7.71. The van der Waals surface area contributed by atoms with E-state index in [-0.39, 0.29) is 11.5 Å². The Labute approximate surface area is 132 Å². The molecule has 0 amide bonds. The van der Waals surface area contributed by atoms with Crippen molar-refractivity contribution >= 4 is 11.6 Å². The molecule has 2 atom stereocenters. The fraction of sp³-hybridized carbons (Fsp3) is 0.471. The number of imidazole rings is 1. The highest BCUT2D eigenvalue weighted by molar-refractivity contribution is 6.30. The van der Waals surface area contributed by atoms with Crippen molar-refractivity contribution in [2.45, 2.75) is 46.3 Å². The van der Waals surface area contributed by atoms with Crippen LogP contribution in [0.25, 0.3) is 0 Å². The second kappa shape index (κ2) is 6.63. The Hall–Kier alpha value is -1.32. The van der Waals surface area contributed by atoms with E-state index in [4.69, 9.17) is 11.6 Å². The first-order chi connectivity index (χ1) is 9.86. The highest BCUT2D eigenvalue weighted by Gasteiger charge is 2.26. The molecule has 0 spiro atoms. The first kappa shape index (κ1) is 16.1. The van der Waals surface area contributed by atoms with Gasteiger partial charge >= 0.3 is 0 Å². The molecule has 0 saturated carbocycles. The van der Waals surface area contributed by atoms with E-state index in [9.17, 15) is 0 Å². The molecule has 21 heavy (non-hydrogen) atoms. The van der Waals surface area contributed by atoms with Crippen LogP contribution in [0.3, 0.4) is 0 Å². The number of aromatic nitrogens is 2. The molecule has 2 rings (SSSR count). The largest absolute Gasteiger partial charge is 0.336 e. The summed E-state index contributed by atoms with van der Waals surface area (Å²) in [7, 11) is 0. The maximum atomic E-state index is 5.96. The van der Waals surface area contributed by atoms with E-state index < -0.39 is 0 Å². The number of nitrogens with zero attached hydrogens (tertiary/aromatic N) is 2. The van der Waals surface area contributed by atoms with Crippen LogP contribution in [0, 0.1) is 5.41 Å². The van der Waals surface area contributed by atoms with E-state index >= 15 is 0 Å². The van der Waals surface area contributed by atoms with E-state index in [0.717, 1.165) is 11.6 Å². The van der Waals surface area contributed by atoms with Gasteiger partial charge in [0.05, 0.1) is 6.33 Å². The molecular formula is C17H24ClN3. The fourth-order valence-electron chi connectivity index (χ4n) is 2.33. The molecule has 0 saturated heterocycles. The summed E-state index contributed by atoms with van der Waals surface area (Å²) in [4.78, 5) is 4.12. The topological polar surface area (TPSA) is 29.9 Å². The zero-order valence-corrected chi connectivity index (χ0v) is 13.9. The summed E-state index contributed by atoms with van der Waals surface area (Å²) in [6.45, 7) is 9.87. The van der Waals surface area contributed by atoms with Crippen LogP contribution in [0.5, 0.6) is 0 Å². The van der Waals surface area contributed by atoms with Gasteiger partial charge in [-0.3, -0.25) is 0 Å². The second-order valence-electron chi connectivity index (χ2n) is 6.62. The van der Waals surface area contributed by atoms with Gasteiger partial charge in [0.25, 0.3) is 0 Å². The zero-order valence-electron chi connectivity index (χ0n) is 13.2. The maximum absolute atomic E-state index is 5.96. The lowest BCUT2D eigenvalue weighted by Crippen LogP contribution is -2.44. The van der Waals surface area contributed by atoms with Crippen molar-refractivity contribution in [3.63, 3.8) is 0 Å². The maximum Gasteiger partial charge on any atom is 0.0946 e. The Balaban J connectivity index is 2.09. The second-order valence-corrected chi connectivity index (χ2v) is 7.05. The third-order valence-corrected chi connectivity index (χ3v) is 4.07. The van der Waals surface area contributed by atoms with Crippen LogP contribution in [0.15, 0.2) is 43.0 Å². The van der Waals surface area contributed by atoms with Crippen molar-refractivity contribution in [1.29, 1.82) is 0 Å². The normalized spacial score (nSPS) is 14.9. The third kappa shape index (κ3) is 4.58. The minimum Gasteiger partial charge on any atom is -0.336 e. The molecule has 1 heterocycles. The summed E-state index contributed by atoms with van der Waals surface area (Å²) in [5.74, 6) is 0. The van der Waals surface area contributed by atoms with Crippen LogP contribution in [0.2, 0.25) is 5.02 Å². The van der Waals surface area contributed by atoms with Crippen LogP contribution in [0.4, 0.5) is 0 Å². The van der Waals surface area contributed by atoms with Gasteiger partial charge in [0.1, 0.15) is 0 Å². The molecule has 1 aromatic heterocycles. The van der Waals surface area contributed by atoms with Crippen LogP contribution in [-0.2, 0) is 6.54 Å². The van der Waals surface area contributed by atoms with Gasteiger partial charge in [0.15, 0.2) is 0 Å². The Morgan fingerprint density at radius 2 is 1.90 bits per heavy atom. The molecule has 0 aliphatic carbocycles. The quantitative estimate of drug-likeness (QED) is 0.892. The van der Waals surface area contributed by atoms with E-state index in [1.807, 2.05) is 30.9 Å². The molecule has 1 N–H and O–H groups in total. The number of nitrogens with one attached hydrogen (secondary N) is 1. The Bertz CT molecular complexity index is 540. The number of benzene rings is 1. The molecule has 0 bridgehead atoms. The number of hydrogen-bond donors (Lipinski definition) is 1. The molecule has 4 heteroatoms. The lowest BCUT2D eigenvalue weighted by Gasteiger charge is -2.34. The van der Waals surface area contributed by atoms with Crippen molar-refractivity contribution in [1.82, 2.24) is 14.9 Å². The fourth-order valence-corrected chi connectivity index (χ4v) is 2.46. The average Bonchev–Trinajstić information content (AvgIpc) is 2.90. The monoisotopic (exact) mass is 305 g/mol. The number of halogens is 1. The highest BCUT2D eigenvalue weighted by Crippen LogP contribution is 2.24. The molecule has 114 valence electrons. The summed E-state index contributed by atoms with van der Waals surface area (Å²) >= 11 is 5.96. The molecule has 0 aliphatic rings. The zero-order chi connectivity index (χ0) is 15.5. The van der Waals surface area contributed by atoms with E-state index in [1.54, 1.807) is 0 Å². The van der Waals surface area contributed by atoms with Gasteiger partial charge in [-0.05, 0) is 30.0 Å². The van der Waals surface area contributed by atoms with Gasteiger partial charge in [-0.25, -0.2) is 4.98 Å². The molecule has 1 aromatic carbocycles. The van der Waals surface area contributed by atoms with Crippen molar-refractivity contribution in [3.05, 3.63) is 53.6 Å². The summed E-state index contributed by atoms with van der Waals surface area (Å²) in [6.07, 6.45) is 5.70. The summed E-state index contributed by atoms with van der Waals surface area (Å²) in [5.41, 5.74) is 1.41. The Morgan fingerprint density at radius 3 is 2.43 bits per heavy atom. The van der Waals surface area contributed by atoms with Crippen molar-refractivity contribution in [2.24, 2.45) is 5.41 Å². The molecule has 0 fully saturated rings. The molecule has 0 aliphatic heterocycles. The van der Waals surface area contributed by atoms with Gasteiger partial charge in [-0.1, -0.05) is 44.5 Å². The van der Waals surface area contributed by atoms with Gasteiger partial charge in [-0.2, -0.15) is 0 Å². The summed E-state index contributed by atoms with van der Waals surface area (Å²) < 4.78 is 2.12. The third-order valence-electron chi connectivity index (χ3n) is 3.82. The standard InChI is InChI=1S/C17H24ClN3/c1-13(14-5-7-15(18)8-6-14)20-16(17(2,3)4)11-21-10-9-19-12-21/h5-10,12-13,16,20H,11H2,1-4H3. The van der Waals surface area contributed by atoms with Gasteiger partial charge in [0.2, 0.25) is 0 Å². The van der Waals surface area contributed by atoms with Gasteiger partial charge < -0.3 is 9.88 Å². The van der Waals surface area contributed by atoms with Crippen molar-refractivity contribution in [3.8, 4) is 0 Å². The Morgan fingerprint density at radius 1 is 1.24 bits per heavy atom. The van der Waals surface area contributed by atoms with Gasteiger partial charge in [0, 0.05) is 36.0 Å². The lowest BCUT2D eigenvalue weighted by molar-refractivity contribution is 0.225. The number of hydrogen-bond acceptors (Lipinski definition) is 2. The Kier molecular flexibility index (Phi) is 5.07.